The molecule has 0 radical (unpaired) electrons. The van der Waals surface area contributed by atoms with E-state index in [1.54, 1.807) is 0 Å². The first kappa shape index (κ1) is 16.7. The number of carboxylic acids is 1. The smallest absolute Gasteiger partial charge is 0.341 e. The van der Waals surface area contributed by atoms with E-state index in [1.807, 2.05) is 0 Å². The number of aliphatic carboxylic acids is 1. The van der Waals surface area contributed by atoms with E-state index in [2.05, 4.69) is 0 Å². The highest BCUT2D eigenvalue weighted by Crippen LogP contribution is 2.21. The number of halogens is 2. The zero-order valence-electron chi connectivity index (χ0n) is 11.8. The van der Waals surface area contributed by atoms with Crippen LogP contribution in [-0.4, -0.2) is 23.5 Å². The number of benzene rings is 2. The number of carbonyl (C=O) groups excluding carboxylic acids is 1. The maximum atomic E-state index is 13.6. The van der Waals surface area contributed by atoms with Crippen molar-refractivity contribution in [3.8, 4) is 5.75 Å². The number of ether oxygens (including phenoxy) is 1. The maximum absolute atomic E-state index is 13.6. The Morgan fingerprint density at radius 3 is 2.48 bits per heavy atom. The Kier molecular flexibility index (Phi) is 5.49. The summed E-state index contributed by atoms with van der Waals surface area (Å²) in [4.78, 5) is 22.4. The molecule has 0 amide bonds. The molecule has 0 aromatic heterocycles. The van der Waals surface area contributed by atoms with Crippen LogP contribution in [0.2, 0.25) is 5.02 Å². The van der Waals surface area contributed by atoms with E-state index in [0.29, 0.717) is 11.3 Å². The van der Waals surface area contributed by atoms with Gasteiger partial charge in [0.05, 0.1) is 5.02 Å². The van der Waals surface area contributed by atoms with E-state index in [-0.39, 0.29) is 16.4 Å². The van der Waals surface area contributed by atoms with E-state index in [9.17, 15) is 14.0 Å². The Balaban J connectivity index is 2.09. The lowest BCUT2D eigenvalue weighted by molar-refractivity contribution is -0.139. The zero-order chi connectivity index (χ0) is 16.8. The molecule has 0 saturated heterocycles. The van der Waals surface area contributed by atoms with Gasteiger partial charge in [-0.05, 0) is 48.6 Å². The van der Waals surface area contributed by atoms with E-state index in [4.69, 9.17) is 21.4 Å². The first-order valence-electron chi connectivity index (χ1n) is 6.58. The molecule has 4 nitrogen and oxygen atoms in total. The van der Waals surface area contributed by atoms with E-state index < -0.39 is 18.4 Å². The molecule has 0 atom stereocenters. The molecule has 23 heavy (non-hydrogen) atoms. The molecule has 6 heteroatoms. The van der Waals surface area contributed by atoms with Crippen LogP contribution in [0.5, 0.6) is 5.75 Å². The molecule has 0 unspecified atom stereocenters. The highest BCUT2D eigenvalue weighted by Gasteiger charge is 2.06. The molecule has 0 aliphatic heterocycles. The van der Waals surface area contributed by atoms with Gasteiger partial charge in [0.2, 0.25) is 0 Å². The van der Waals surface area contributed by atoms with Crippen LogP contribution in [0.1, 0.15) is 15.9 Å². The minimum absolute atomic E-state index is 0.143. The summed E-state index contributed by atoms with van der Waals surface area (Å²) in [6.45, 7) is -0.459. The van der Waals surface area contributed by atoms with Crippen LogP contribution >= 0.6 is 11.6 Å². The van der Waals surface area contributed by atoms with Crippen molar-refractivity contribution in [3.05, 3.63) is 70.5 Å². The predicted octanol–water partition coefficient (Wildman–Crippen LogP) is 3.84. The van der Waals surface area contributed by atoms with Gasteiger partial charge in [0.1, 0.15) is 11.6 Å². The van der Waals surface area contributed by atoms with Gasteiger partial charge in [0, 0.05) is 11.1 Å². The van der Waals surface area contributed by atoms with Gasteiger partial charge in [-0.3, -0.25) is 4.79 Å². The van der Waals surface area contributed by atoms with Crippen LogP contribution in [-0.2, 0) is 4.79 Å². The lowest BCUT2D eigenvalue weighted by atomic mass is 10.1. The lowest BCUT2D eigenvalue weighted by Gasteiger charge is -2.03. The summed E-state index contributed by atoms with van der Waals surface area (Å²) < 4.78 is 18.6. The van der Waals surface area contributed by atoms with Crippen LogP contribution in [0.15, 0.2) is 48.5 Å². The Hall–Kier alpha value is -2.66. The van der Waals surface area contributed by atoms with Crippen molar-refractivity contribution in [1.82, 2.24) is 0 Å². The van der Waals surface area contributed by atoms with Gasteiger partial charge in [-0.15, -0.1) is 0 Å². The van der Waals surface area contributed by atoms with Crippen molar-refractivity contribution >= 4 is 29.4 Å². The standard InChI is InChI=1S/C17H12ClFO4/c18-14-2-1-3-15(19)13(14)8-9-16(20)11-4-6-12(7-5-11)23-10-17(21)22/h1-9H,10H2,(H,21,22)/b9-8+. The molecule has 0 aliphatic rings. The molecule has 2 aromatic carbocycles. The van der Waals surface area contributed by atoms with Crippen LogP contribution < -0.4 is 4.74 Å². The van der Waals surface area contributed by atoms with Crippen molar-refractivity contribution < 1.29 is 23.8 Å². The molecule has 0 fully saturated rings. The van der Waals surface area contributed by atoms with Crippen molar-refractivity contribution in [1.29, 1.82) is 0 Å². The molecule has 0 heterocycles. The monoisotopic (exact) mass is 334 g/mol. The third-order valence-corrected chi connectivity index (χ3v) is 3.23. The first-order valence-corrected chi connectivity index (χ1v) is 6.96. The second-order valence-corrected chi connectivity index (χ2v) is 4.95. The van der Waals surface area contributed by atoms with Gasteiger partial charge in [0.15, 0.2) is 12.4 Å². The van der Waals surface area contributed by atoms with Gasteiger partial charge >= 0.3 is 5.97 Å². The van der Waals surface area contributed by atoms with Crippen LogP contribution in [0, 0.1) is 5.82 Å². The predicted molar refractivity (Wildman–Crippen MR) is 84.3 cm³/mol. The van der Waals surface area contributed by atoms with Gasteiger partial charge in [-0.25, -0.2) is 9.18 Å². The zero-order valence-corrected chi connectivity index (χ0v) is 12.6. The van der Waals surface area contributed by atoms with Crippen molar-refractivity contribution in [2.45, 2.75) is 0 Å². The fourth-order valence-corrected chi connectivity index (χ4v) is 2.01. The van der Waals surface area contributed by atoms with E-state index in [0.717, 1.165) is 0 Å². The van der Waals surface area contributed by atoms with Crippen molar-refractivity contribution in [2.75, 3.05) is 6.61 Å². The Morgan fingerprint density at radius 2 is 1.87 bits per heavy atom. The van der Waals surface area contributed by atoms with Crippen LogP contribution in [0.4, 0.5) is 4.39 Å². The third-order valence-electron chi connectivity index (χ3n) is 2.90. The molecule has 1 N–H and O–H groups in total. The molecule has 118 valence electrons. The number of hydrogen-bond acceptors (Lipinski definition) is 3. The van der Waals surface area contributed by atoms with E-state index >= 15 is 0 Å². The molecular weight excluding hydrogens is 323 g/mol. The maximum Gasteiger partial charge on any atom is 0.341 e. The highest BCUT2D eigenvalue weighted by molar-refractivity contribution is 6.32. The lowest BCUT2D eigenvalue weighted by Crippen LogP contribution is -2.09. The van der Waals surface area contributed by atoms with Crippen molar-refractivity contribution in [3.63, 3.8) is 0 Å². The minimum atomic E-state index is -1.09. The molecule has 0 saturated carbocycles. The topological polar surface area (TPSA) is 63.6 Å². The Labute approximate surface area is 136 Å². The average Bonchev–Trinajstić information content (AvgIpc) is 2.52. The fraction of sp³-hybridized carbons (Fsp3) is 0.0588. The number of rotatable bonds is 6. The summed E-state index contributed by atoms with van der Waals surface area (Å²) >= 11 is 5.87. The second-order valence-electron chi connectivity index (χ2n) is 4.54. The largest absolute Gasteiger partial charge is 0.482 e. The summed E-state index contributed by atoms with van der Waals surface area (Å²) in [7, 11) is 0. The number of ketones is 1. The summed E-state index contributed by atoms with van der Waals surface area (Å²) in [5, 5.41) is 8.73. The molecule has 0 bridgehead atoms. The van der Waals surface area contributed by atoms with Crippen molar-refractivity contribution in [2.24, 2.45) is 0 Å². The molecular formula is C17H12ClFO4. The number of hydrogen-bond donors (Lipinski definition) is 1. The minimum Gasteiger partial charge on any atom is -0.482 e. The first-order chi connectivity index (χ1) is 11.0. The average molecular weight is 335 g/mol. The summed E-state index contributed by atoms with van der Waals surface area (Å²) in [5.74, 6) is -1.60. The van der Waals surface area contributed by atoms with Gasteiger partial charge in [-0.2, -0.15) is 0 Å². The quantitative estimate of drug-likeness (QED) is 0.644. The Bertz CT molecular complexity index is 733. The molecule has 2 aromatic rings. The van der Waals surface area contributed by atoms with Gasteiger partial charge in [-0.1, -0.05) is 17.7 Å². The number of carbonyl (C=O) groups is 2. The number of allylic oxidation sites excluding steroid dienone is 1. The fourth-order valence-electron chi connectivity index (χ4n) is 1.79. The molecule has 0 aliphatic carbocycles. The van der Waals surface area contributed by atoms with Crippen LogP contribution in [0.3, 0.4) is 0 Å². The van der Waals surface area contributed by atoms with Crippen LogP contribution in [0.25, 0.3) is 6.08 Å². The molecule has 0 spiro atoms. The number of carboxylic acid groups (broad SMARTS) is 1. The van der Waals surface area contributed by atoms with E-state index in [1.165, 1.54) is 54.6 Å². The SMILES string of the molecule is O=C(O)COc1ccc(C(=O)/C=C/c2c(F)cccc2Cl)cc1. The second kappa shape index (κ2) is 7.56. The summed E-state index contributed by atoms with van der Waals surface area (Å²) in [6, 6.07) is 10.2. The molecule has 2 rings (SSSR count). The summed E-state index contributed by atoms with van der Waals surface area (Å²) in [6.07, 6.45) is 2.53. The van der Waals surface area contributed by atoms with Gasteiger partial charge in [0.25, 0.3) is 0 Å². The normalized spacial score (nSPS) is 10.7. The summed E-state index contributed by atoms with van der Waals surface area (Å²) in [5.41, 5.74) is 0.500. The highest BCUT2D eigenvalue weighted by atomic mass is 35.5. The Morgan fingerprint density at radius 1 is 1.17 bits per heavy atom. The van der Waals surface area contributed by atoms with Gasteiger partial charge < -0.3 is 9.84 Å². The third kappa shape index (κ3) is 4.66.